The lowest BCUT2D eigenvalue weighted by molar-refractivity contribution is -0.0000180. The predicted molar refractivity (Wildman–Crippen MR) is 41.2 cm³/mol. The van der Waals surface area contributed by atoms with Gasteiger partial charge in [-0.1, -0.05) is 12.1 Å². The number of carbonyl (C=O) groups is 1. The lowest BCUT2D eigenvalue weighted by Gasteiger charge is -2.02. The SMILES string of the molecule is NNc1ccccc1C(=O)O.[Cl-]. The molecular weight excluding hydrogens is 180 g/mol. The van der Waals surface area contributed by atoms with Crippen LogP contribution in [0.1, 0.15) is 10.4 Å². The number of halogens is 1. The Kier molecular flexibility index (Phi) is 4.10. The Balaban J connectivity index is 0.00000121. The maximum absolute atomic E-state index is 10.5. The van der Waals surface area contributed by atoms with Crippen LogP contribution >= 0.6 is 0 Å². The molecule has 1 rings (SSSR count). The summed E-state index contributed by atoms with van der Waals surface area (Å²) in [5.41, 5.74) is 2.89. The number of nitrogen functional groups attached to an aromatic ring is 1. The van der Waals surface area contributed by atoms with Gasteiger partial charge in [0.15, 0.2) is 0 Å². The molecule has 0 heterocycles. The van der Waals surface area contributed by atoms with Crippen LogP contribution in [0.2, 0.25) is 0 Å². The lowest BCUT2D eigenvalue weighted by atomic mass is 10.2. The van der Waals surface area contributed by atoms with E-state index in [2.05, 4.69) is 5.43 Å². The van der Waals surface area contributed by atoms with Crippen molar-refractivity contribution in [3.63, 3.8) is 0 Å². The Morgan fingerprint density at radius 3 is 2.42 bits per heavy atom. The van der Waals surface area contributed by atoms with Crippen LogP contribution in [-0.4, -0.2) is 11.1 Å². The van der Waals surface area contributed by atoms with Crippen molar-refractivity contribution in [3.05, 3.63) is 29.8 Å². The molecule has 0 unspecified atom stereocenters. The Morgan fingerprint density at radius 1 is 1.42 bits per heavy atom. The Morgan fingerprint density at radius 2 is 2.00 bits per heavy atom. The molecule has 0 aromatic heterocycles. The fourth-order valence-electron chi connectivity index (χ4n) is 0.795. The molecule has 0 bridgehead atoms. The third-order valence-corrected chi connectivity index (χ3v) is 1.31. The maximum atomic E-state index is 10.5. The Labute approximate surface area is 75.8 Å². The van der Waals surface area contributed by atoms with E-state index in [9.17, 15) is 4.79 Å². The molecule has 0 aliphatic carbocycles. The largest absolute Gasteiger partial charge is 1.00 e. The molecule has 1 aromatic carbocycles. The van der Waals surface area contributed by atoms with Gasteiger partial charge in [0, 0.05) is 0 Å². The molecule has 0 aliphatic rings. The Bertz CT molecular complexity index is 278. The van der Waals surface area contributed by atoms with Crippen molar-refractivity contribution in [1.82, 2.24) is 0 Å². The summed E-state index contributed by atoms with van der Waals surface area (Å²) in [7, 11) is 0. The lowest BCUT2D eigenvalue weighted by Crippen LogP contribution is -3.00. The van der Waals surface area contributed by atoms with Crippen molar-refractivity contribution in [1.29, 1.82) is 0 Å². The van der Waals surface area contributed by atoms with E-state index < -0.39 is 5.97 Å². The molecule has 0 radical (unpaired) electrons. The van der Waals surface area contributed by atoms with E-state index in [0.717, 1.165) is 0 Å². The minimum atomic E-state index is -0.987. The summed E-state index contributed by atoms with van der Waals surface area (Å²) in [5, 5.41) is 8.60. The molecule has 0 spiro atoms. The predicted octanol–water partition coefficient (Wildman–Crippen LogP) is -2.33. The summed E-state index contributed by atoms with van der Waals surface area (Å²) in [6.07, 6.45) is 0. The van der Waals surface area contributed by atoms with E-state index >= 15 is 0 Å². The van der Waals surface area contributed by atoms with Crippen LogP contribution in [0.3, 0.4) is 0 Å². The molecule has 12 heavy (non-hydrogen) atoms. The monoisotopic (exact) mass is 187 g/mol. The van der Waals surface area contributed by atoms with E-state index in [-0.39, 0.29) is 18.0 Å². The second kappa shape index (κ2) is 4.58. The van der Waals surface area contributed by atoms with Gasteiger partial charge >= 0.3 is 5.97 Å². The molecule has 0 aliphatic heterocycles. The fourth-order valence-corrected chi connectivity index (χ4v) is 0.795. The minimum Gasteiger partial charge on any atom is -1.00 e. The van der Waals surface area contributed by atoms with Gasteiger partial charge in [-0.3, -0.25) is 5.84 Å². The zero-order valence-electron chi connectivity index (χ0n) is 6.12. The number of rotatable bonds is 2. The van der Waals surface area contributed by atoms with Crippen molar-refractivity contribution < 1.29 is 22.3 Å². The molecule has 0 atom stereocenters. The number of para-hydroxylation sites is 1. The molecule has 4 nitrogen and oxygen atoms in total. The zero-order valence-corrected chi connectivity index (χ0v) is 6.88. The summed E-state index contributed by atoms with van der Waals surface area (Å²) in [6, 6.07) is 6.44. The first-order chi connectivity index (χ1) is 5.25. The first-order valence-electron chi connectivity index (χ1n) is 3.04. The summed E-state index contributed by atoms with van der Waals surface area (Å²) in [4.78, 5) is 10.5. The van der Waals surface area contributed by atoms with Crippen molar-refractivity contribution in [2.75, 3.05) is 5.43 Å². The number of anilines is 1. The highest BCUT2D eigenvalue weighted by Crippen LogP contribution is 2.12. The van der Waals surface area contributed by atoms with Gasteiger partial charge in [0.05, 0.1) is 11.3 Å². The summed E-state index contributed by atoms with van der Waals surface area (Å²) >= 11 is 0. The smallest absolute Gasteiger partial charge is 0.337 e. The summed E-state index contributed by atoms with van der Waals surface area (Å²) < 4.78 is 0. The van der Waals surface area contributed by atoms with Gasteiger partial charge < -0.3 is 22.9 Å². The van der Waals surface area contributed by atoms with Crippen LogP contribution in [0.25, 0.3) is 0 Å². The van der Waals surface area contributed by atoms with Crippen LogP contribution in [0, 0.1) is 0 Å². The highest BCUT2D eigenvalue weighted by atomic mass is 35.5. The standard InChI is InChI=1S/C7H8N2O2.ClH/c8-9-6-4-2-1-3-5(6)7(10)11;/h1-4,9H,8H2,(H,10,11);1H/p-1. The third-order valence-electron chi connectivity index (χ3n) is 1.31. The van der Waals surface area contributed by atoms with Gasteiger partial charge in [-0.15, -0.1) is 0 Å². The number of carboxylic acid groups (broad SMARTS) is 1. The van der Waals surface area contributed by atoms with E-state index in [4.69, 9.17) is 10.9 Å². The quantitative estimate of drug-likeness (QED) is 0.359. The molecule has 0 saturated heterocycles. The van der Waals surface area contributed by atoms with Crippen LogP contribution in [0.15, 0.2) is 24.3 Å². The van der Waals surface area contributed by atoms with Gasteiger partial charge in [0.25, 0.3) is 0 Å². The van der Waals surface area contributed by atoms with Crippen molar-refractivity contribution in [3.8, 4) is 0 Å². The number of aromatic carboxylic acids is 1. The Hall–Kier alpha value is -1.26. The summed E-state index contributed by atoms with van der Waals surface area (Å²) in [5.74, 6) is 4.09. The number of benzene rings is 1. The molecule has 1 aromatic rings. The van der Waals surface area contributed by atoms with Gasteiger partial charge in [0.2, 0.25) is 0 Å². The van der Waals surface area contributed by atoms with Crippen LogP contribution in [-0.2, 0) is 0 Å². The number of hydrogen-bond donors (Lipinski definition) is 3. The number of hydrazine groups is 1. The second-order valence-corrected chi connectivity index (χ2v) is 2.00. The third kappa shape index (κ3) is 2.11. The fraction of sp³-hybridized carbons (Fsp3) is 0. The normalized spacial score (nSPS) is 8.42. The van der Waals surface area contributed by atoms with Gasteiger partial charge in [-0.05, 0) is 12.1 Å². The highest BCUT2D eigenvalue weighted by molar-refractivity contribution is 5.93. The number of hydrogen-bond acceptors (Lipinski definition) is 3. The molecule has 5 heteroatoms. The maximum Gasteiger partial charge on any atom is 0.337 e. The summed E-state index contributed by atoms with van der Waals surface area (Å²) in [6.45, 7) is 0. The topological polar surface area (TPSA) is 75.3 Å². The molecular formula is C7H8ClN2O2-. The van der Waals surface area contributed by atoms with Gasteiger partial charge in [-0.25, -0.2) is 4.79 Å². The number of nitrogens with two attached hydrogens (primary N) is 1. The average molecular weight is 188 g/mol. The van der Waals surface area contributed by atoms with Crippen LogP contribution < -0.4 is 23.7 Å². The number of nitrogens with one attached hydrogen (secondary N) is 1. The highest BCUT2D eigenvalue weighted by Gasteiger charge is 2.06. The van der Waals surface area contributed by atoms with Crippen molar-refractivity contribution in [2.45, 2.75) is 0 Å². The second-order valence-electron chi connectivity index (χ2n) is 2.00. The molecule has 0 fully saturated rings. The first-order valence-corrected chi connectivity index (χ1v) is 3.04. The minimum absolute atomic E-state index is 0. The van der Waals surface area contributed by atoms with Crippen molar-refractivity contribution >= 4 is 11.7 Å². The molecule has 66 valence electrons. The average Bonchev–Trinajstić information content (AvgIpc) is 2.04. The van der Waals surface area contributed by atoms with Crippen LogP contribution in [0.4, 0.5) is 5.69 Å². The van der Waals surface area contributed by atoms with Crippen molar-refractivity contribution in [2.24, 2.45) is 5.84 Å². The molecule has 0 amide bonds. The first kappa shape index (κ1) is 10.7. The van der Waals surface area contributed by atoms with E-state index in [0.29, 0.717) is 5.69 Å². The van der Waals surface area contributed by atoms with Gasteiger partial charge in [0.1, 0.15) is 0 Å². The van der Waals surface area contributed by atoms with E-state index in [1.807, 2.05) is 0 Å². The van der Waals surface area contributed by atoms with E-state index in [1.54, 1.807) is 18.2 Å². The zero-order chi connectivity index (χ0) is 8.27. The number of carboxylic acids is 1. The van der Waals surface area contributed by atoms with Crippen LogP contribution in [0.5, 0.6) is 0 Å². The van der Waals surface area contributed by atoms with Gasteiger partial charge in [-0.2, -0.15) is 0 Å². The molecule has 4 N–H and O–H groups in total. The van der Waals surface area contributed by atoms with E-state index in [1.165, 1.54) is 6.07 Å². The molecule has 0 saturated carbocycles.